The predicted octanol–water partition coefficient (Wildman–Crippen LogP) is 2.03. The van der Waals surface area contributed by atoms with Gasteiger partial charge in [-0.15, -0.1) is 0 Å². The summed E-state index contributed by atoms with van der Waals surface area (Å²) < 4.78 is 5.21. The average Bonchev–Trinajstić information content (AvgIpc) is 2.89. The van der Waals surface area contributed by atoms with E-state index < -0.39 is 11.4 Å². The number of carbonyl (C=O) groups excluding carboxylic acids is 1. The molecule has 1 saturated heterocycles. The zero-order valence-corrected chi connectivity index (χ0v) is 12.2. The van der Waals surface area contributed by atoms with Crippen molar-refractivity contribution in [3.05, 3.63) is 35.9 Å². The van der Waals surface area contributed by atoms with Crippen LogP contribution in [0.4, 0.5) is 0 Å². The Balaban J connectivity index is 2.06. The fraction of sp³-hybridized carbons (Fsp3) is 0.375. The van der Waals surface area contributed by atoms with Gasteiger partial charge in [0.2, 0.25) is 5.91 Å². The summed E-state index contributed by atoms with van der Waals surface area (Å²) in [4.78, 5) is 24.9. The lowest BCUT2D eigenvalue weighted by Crippen LogP contribution is -2.34. The highest BCUT2D eigenvalue weighted by atomic mass is 16.5. The zero-order chi connectivity index (χ0) is 15.5. The van der Waals surface area contributed by atoms with Crippen LogP contribution in [-0.4, -0.2) is 42.1 Å². The van der Waals surface area contributed by atoms with Crippen LogP contribution in [0.5, 0.6) is 5.75 Å². The van der Waals surface area contributed by atoms with Crippen LogP contribution in [-0.2, 0) is 9.59 Å². The molecule has 1 aliphatic rings. The molecule has 5 heteroatoms. The first kappa shape index (κ1) is 15.1. The maximum absolute atomic E-state index is 12.1. The Kier molecular flexibility index (Phi) is 4.31. The third kappa shape index (κ3) is 3.24. The number of hydrogen-bond donors (Lipinski definition) is 1. The van der Waals surface area contributed by atoms with Gasteiger partial charge in [-0.3, -0.25) is 9.59 Å². The SMILES string of the molecule is COc1ccccc1/C=C/C(=O)N1CCC(C)(C(=O)O)C1. The lowest BCUT2D eigenvalue weighted by atomic mass is 9.90. The van der Waals surface area contributed by atoms with E-state index in [2.05, 4.69) is 0 Å². The van der Waals surface area contributed by atoms with Crippen LogP contribution in [0.3, 0.4) is 0 Å². The Morgan fingerprint density at radius 2 is 2.10 bits per heavy atom. The van der Waals surface area contributed by atoms with E-state index in [0.717, 1.165) is 5.56 Å². The number of para-hydroxylation sites is 1. The van der Waals surface area contributed by atoms with Gasteiger partial charge < -0.3 is 14.7 Å². The summed E-state index contributed by atoms with van der Waals surface area (Å²) in [6.07, 6.45) is 3.64. The number of carboxylic acids is 1. The fourth-order valence-corrected chi connectivity index (χ4v) is 2.39. The summed E-state index contributed by atoms with van der Waals surface area (Å²) in [7, 11) is 1.58. The first-order valence-electron chi connectivity index (χ1n) is 6.80. The molecule has 1 aromatic rings. The number of ether oxygens (including phenoxy) is 1. The number of carbonyl (C=O) groups is 2. The highest BCUT2D eigenvalue weighted by Gasteiger charge is 2.41. The van der Waals surface area contributed by atoms with Crippen molar-refractivity contribution in [2.75, 3.05) is 20.2 Å². The van der Waals surface area contributed by atoms with Gasteiger partial charge in [-0.25, -0.2) is 0 Å². The van der Waals surface area contributed by atoms with Crippen molar-refractivity contribution in [1.82, 2.24) is 4.90 Å². The van der Waals surface area contributed by atoms with Gasteiger partial charge in [0.15, 0.2) is 0 Å². The summed E-state index contributed by atoms with van der Waals surface area (Å²) in [5, 5.41) is 9.18. The minimum Gasteiger partial charge on any atom is -0.496 e. The number of hydrogen-bond acceptors (Lipinski definition) is 3. The molecule has 1 heterocycles. The third-order valence-corrected chi connectivity index (χ3v) is 3.85. The molecule has 1 aromatic carbocycles. The van der Waals surface area contributed by atoms with Gasteiger partial charge in [0.25, 0.3) is 0 Å². The number of rotatable bonds is 4. The molecular weight excluding hydrogens is 270 g/mol. The van der Waals surface area contributed by atoms with Crippen LogP contribution in [0.2, 0.25) is 0 Å². The molecule has 1 fully saturated rings. The van der Waals surface area contributed by atoms with Crippen LogP contribution in [0.15, 0.2) is 30.3 Å². The highest BCUT2D eigenvalue weighted by Crippen LogP contribution is 2.30. The fourth-order valence-electron chi connectivity index (χ4n) is 2.39. The molecule has 112 valence electrons. The van der Waals surface area contributed by atoms with E-state index in [0.29, 0.717) is 18.7 Å². The summed E-state index contributed by atoms with van der Waals surface area (Å²) in [6.45, 7) is 2.39. The van der Waals surface area contributed by atoms with Crippen LogP contribution >= 0.6 is 0 Å². The molecule has 5 nitrogen and oxygen atoms in total. The van der Waals surface area contributed by atoms with Gasteiger partial charge in [0, 0.05) is 24.7 Å². The van der Waals surface area contributed by atoms with Crippen LogP contribution < -0.4 is 4.74 Å². The van der Waals surface area contributed by atoms with E-state index in [9.17, 15) is 14.7 Å². The minimum atomic E-state index is -0.855. The van der Waals surface area contributed by atoms with Crippen LogP contribution in [0.25, 0.3) is 6.08 Å². The number of aliphatic carboxylic acids is 1. The standard InChI is InChI=1S/C16H19NO4/c1-16(15(19)20)9-10-17(11-16)14(18)8-7-12-5-3-4-6-13(12)21-2/h3-8H,9-11H2,1-2H3,(H,19,20)/b8-7+. The third-order valence-electron chi connectivity index (χ3n) is 3.85. The molecular formula is C16H19NO4. The van der Waals surface area contributed by atoms with Crippen LogP contribution in [0, 0.1) is 5.41 Å². The molecule has 1 N–H and O–H groups in total. The van der Waals surface area contributed by atoms with Gasteiger partial charge in [-0.2, -0.15) is 0 Å². The maximum Gasteiger partial charge on any atom is 0.311 e. The van der Waals surface area contributed by atoms with Crippen LogP contribution in [0.1, 0.15) is 18.9 Å². The number of carboxylic acid groups (broad SMARTS) is 1. The quantitative estimate of drug-likeness (QED) is 0.861. The molecule has 1 amide bonds. The molecule has 21 heavy (non-hydrogen) atoms. The predicted molar refractivity (Wildman–Crippen MR) is 79.0 cm³/mol. The van der Waals surface area contributed by atoms with E-state index in [4.69, 9.17) is 4.74 Å². The van der Waals surface area contributed by atoms with Crippen molar-refractivity contribution < 1.29 is 19.4 Å². The Hall–Kier alpha value is -2.30. The molecule has 0 aromatic heterocycles. The van der Waals surface area contributed by atoms with Crippen molar-refractivity contribution >= 4 is 18.0 Å². The van der Waals surface area contributed by atoms with Crippen molar-refractivity contribution in [2.45, 2.75) is 13.3 Å². The van der Waals surface area contributed by atoms with Gasteiger partial charge in [0.05, 0.1) is 12.5 Å². The Bertz CT molecular complexity index is 581. The lowest BCUT2D eigenvalue weighted by molar-refractivity contribution is -0.147. The van der Waals surface area contributed by atoms with Gasteiger partial charge in [-0.05, 0) is 25.5 Å². The average molecular weight is 289 g/mol. The van der Waals surface area contributed by atoms with Gasteiger partial charge in [-0.1, -0.05) is 18.2 Å². The second-order valence-electron chi connectivity index (χ2n) is 5.45. The van der Waals surface area contributed by atoms with Gasteiger partial charge >= 0.3 is 5.97 Å². The first-order chi connectivity index (χ1) is 9.96. The second kappa shape index (κ2) is 5.99. The topological polar surface area (TPSA) is 66.8 Å². The smallest absolute Gasteiger partial charge is 0.311 e. The molecule has 2 rings (SSSR count). The second-order valence-corrected chi connectivity index (χ2v) is 5.45. The summed E-state index contributed by atoms with van der Waals surface area (Å²) >= 11 is 0. The Morgan fingerprint density at radius 3 is 2.71 bits per heavy atom. The number of benzene rings is 1. The summed E-state index contributed by atoms with van der Waals surface area (Å²) in [5.74, 6) is -0.337. The molecule has 0 spiro atoms. The largest absolute Gasteiger partial charge is 0.496 e. The van der Waals surface area contributed by atoms with Crippen molar-refractivity contribution in [1.29, 1.82) is 0 Å². The summed E-state index contributed by atoms with van der Waals surface area (Å²) in [5.41, 5.74) is -0.0259. The van der Waals surface area contributed by atoms with Gasteiger partial charge in [0.1, 0.15) is 5.75 Å². The van der Waals surface area contributed by atoms with Crippen molar-refractivity contribution in [3.8, 4) is 5.75 Å². The number of likely N-dealkylation sites (tertiary alicyclic amines) is 1. The van der Waals surface area contributed by atoms with E-state index >= 15 is 0 Å². The van der Waals surface area contributed by atoms with E-state index in [1.807, 2.05) is 24.3 Å². The first-order valence-corrected chi connectivity index (χ1v) is 6.80. The molecule has 0 bridgehead atoms. The zero-order valence-electron chi connectivity index (χ0n) is 12.2. The van der Waals surface area contributed by atoms with Crippen molar-refractivity contribution in [2.24, 2.45) is 5.41 Å². The normalized spacial score (nSPS) is 21.7. The Morgan fingerprint density at radius 1 is 1.38 bits per heavy atom. The maximum atomic E-state index is 12.1. The minimum absolute atomic E-state index is 0.175. The summed E-state index contributed by atoms with van der Waals surface area (Å²) in [6, 6.07) is 7.40. The number of amides is 1. The lowest BCUT2D eigenvalue weighted by Gasteiger charge is -2.19. The van der Waals surface area contributed by atoms with E-state index in [1.54, 1.807) is 25.0 Å². The van der Waals surface area contributed by atoms with Crippen molar-refractivity contribution in [3.63, 3.8) is 0 Å². The number of methoxy groups -OCH3 is 1. The molecule has 0 aliphatic carbocycles. The monoisotopic (exact) mass is 289 g/mol. The van der Waals surface area contributed by atoms with E-state index in [-0.39, 0.29) is 12.5 Å². The molecule has 0 saturated carbocycles. The molecule has 1 atom stereocenters. The molecule has 1 unspecified atom stereocenters. The molecule has 0 radical (unpaired) electrons. The number of nitrogens with zero attached hydrogens (tertiary/aromatic N) is 1. The molecule has 1 aliphatic heterocycles. The van der Waals surface area contributed by atoms with E-state index in [1.165, 1.54) is 6.08 Å². The highest BCUT2D eigenvalue weighted by molar-refractivity contribution is 5.93. The Labute approximate surface area is 123 Å².